The summed E-state index contributed by atoms with van der Waals surface area (Å²) in [6, 6.07) is 0. The molecule has 0 amide bonds. The lowest BCUT2D eigenvalue weighted by Crippen LogP contribution is -2.30. The van der Waals surface area contributed by atoms with Gasteiger partial charge in [0.05, 0.1) is 0 Å². The molecule has 0 spiro atoms. The summed E-state index contributed by atoms with van der Waals surface area (Å²) >= 11 is 0. The summed E-state index contributed by atoms with van der Waals surface area (Å²) in [7, 11) is 0. The zero-order valence-corrected chi connectivity index (χ0v) is 44.0. The molecular formula is C60H108O6. The first-order chi connectivity index (χ1) is 32.5. The van der Waals surface area contributed by atoms with Crippen LogP contribution in [-0.4, -0.2) is 37.2 Å². The number of hydrogen-bond acceptors (Lipinski definition) is 6. The lowest BCUT2D eigenvalue weighted by Gasteiger charge is -2.18. The van der Waals surface area contributed by atoms with Crippen LogP contribution in [0, 0.1) is 0 Å². The summed E-state index contributed by atoms with van der Waals surface area (Å²) in [4.78, 5) is 38.1. The van der Waals surface area contributed by atoms with Crippen molar-refractivity contribution in [2.45, 2.75) is 303 Å². The van der Waals surface area contributed by atoms with Crippen LogP contribution in [0.3, 0.4) is 0 Å². The summed E-state index contributed by atoms with van der Waals surface area (Å²) in [6.45, 7) is 6.60. The lowest BCUT2D eigenvalue weighted by atomic mass is 10.1. The number of ether oxygens (including phenoxy) is 3. The van der Waals surface area contributed by atoms with Gasteiger partial charge in [-0.25, -0.2) is 0 Å². The maximum atomic E-state index is 12.8. The van der Waals surface area contributed by atoms with Crippen molar-refractivity contribution in [3.05, 3.63) is 48.6 Å². The molecular weight excluding hydrogens is 817 g/mol. The minimum absolute atomic E-state index is 0.0727. The van der Waals surface area contributed by atoms with Gasteiger partial charge in [0.1, 0.15) is 13.2 Å². The van der Waals surface area contributed by atoms with E-state index in [1.54, 1.807) is 0 Å². The number of unbranched alkanes of at least 4 members (excludes halogenated alkanes) is 35. The van der Waals surface area contributed by atoms with E-state index in [9.17, 15) is 14.4 Å². The summed E-state index contributed by atoms with van der Waals surface area (Å²) in [6.07, 6.45) is 66.7. The van der Waals surface area contributed by atoms with Gasteiger partial charge in [-0.15, -0.1) is 0 Å². The molecule has 0 aliphatic rings. The fourth-order valence-corrected chi connectivity index (χ4v) is 8.25. The predicted octanol–water partition coefficient (Wildman–Crippen LogP) is 19.0. The monoisotopic (exact) mass is 925 g/mol. The van der Waals surface area contributed by atoms with Gasteiger partial charge in [-0.1, -0.05) is 256 Å². The van der Waals surface area contributed by atoms with Gasteiger partial charge in [-0.3, -0.25) is 14.4 Å². The molecule has 0 bridgehead atoms. The van der Waals surface area contributed by atoms with Crippen molar-refractivity contribution in [1.29, 1.82) is 0 Å². The highest BCUT2D eigenvalue weighted by atomic mass is 16.6. The topological polar surface area (TPSA) is 78.9 Å². The first kappa shape index (κ1) is 63.4. The van der Waals surface area contributed by atoms with Crippen molar-refractivity contribution < 1.29 is 28.6 Å². The van der Waals surface area contributed by atoms with Gasteiger partial charge >= 0.3 is 17.9 Å². The van der Waals surface area contributed by atoms with Crippen molar-refractivity contribution in [1.82, 2.24) is 0 Å². The Morgan fingerprint density at radius 2 is 0.530 bits per heavy atom. The van der Waals surface area contributed by atoms with Crippen molar-refractivity contribution >= 4 is 17.9 Å². The van der Waals surface area contributed by atoms with Crippen LogP contribution < -0.4 is 0 Å². The van der Waals surface area contributed by atoms with Crippen LogP contribution in [0.1, 0.15) is 297 Å². The summed E-state index contributed by atoms with van der Waals surface area (Å²) in [5.41, 5.74) is 0. The van der Waals surface area contributed by atoms with Gasteiger partial charge in [0, 0.05) is 19.3 Å². The largest absolute Gasteiger partial charge is 0.462 e. The van der Waals surface area contributed by atoms with Crippen LogP contribution >= 0.6 is 0 Å². The Morgan fingerprint density at radius 1 is 0.303 bits per heavy atom. The zero-order chi connectivity index (χ0) is 47.9. The highest BCUT2D eigenvalue weighted by molar-refractivity contribution is 5.71. The minimum atomic E-state index is -0.773. The Kier molecular flexibility index (Phi) is 52.8. The van der Waals surface area contributed by atoms with E-state index in [1.807, 2.05) is 0 Å². The van der Waals surface area contributed by atoms with E-state index in [4.69, 9.17) is 14.2 Å². The molecule has 0 N–H and O–H groups in total. The van der Waals surface area contributed by atoms with Gasteiger partial charge in [-0.2, -0.15) is 0 Å². The molecule has 0 saturated carbocycles. The minimum Gasteiger partial charge on any atom is -0.462 e. The Bertz CT molecular complexity index is 1150. The average molecular weight is 926 g/mol. The molecule has 0 heterocycles. The average Bonchev–Trinajstić information content (AvgIpc) is 3.31. The fraction of sp³-hybridized carbons (Fsp3) is 0.817. The normalized spacial score (nSPS) is 12.3. The van der Waals surface area contributed by atoms with Crippen LogP contribution in [0.2, 0.25) is 0 Å². The van der Waals surface area contributed by atoms with Crippen LogP contribution in [0.5, 0.6) is 0 Å². The van der Waals surface area contributed by atoms with Crippen molar-refractivity contribution in [2.24, 2.45) is 0 Å². The summed E-state index contributed by atoms with van der Waals surface area (Å²) < 4.78 is 16.8. The first-order valence-corrected chi connectivity index (χ1v) is 28.7. The summed E-state index contributed by atoms with van der Waals surface area (Å²) in [5.74, 6) is -0.868. The van der Waals surface area contributed by atoms with Crippen LogP contribution in [0.15, 0.2) is 48.6 Å². The number of carbonyl (C=O) groups is 3. The number of esters is 3. The molecule has 1 unspecified atom stereocenters. The van der Waals surface area contributed by atoms with Crippen LogP contribution in [0.25, 0.3) is 0 Å². The van der Waals surface area contributed by atoms with E-state index >= 15 is 0 Å². The second-order valence-electron chi connectivity index (χ2n) is 19.3. The second kappa shape index (κ2) is 55.0. The molecule has 0 rings (SSSR count). The van der Waals surface area contributed by atoms with Gasteiger partial charge in [0.15, 0.2) is 6.10 Å². The number of rotatable bonds is 52. The number of allylic oxidation sites excluding steroid dienone is 8. The fourth-order valence-electron chi connectivity index (χ4n) is 8.25. The molecule has 1 atom stereocenters. The van der Waals surface area contributed by atoms with Gasteiger partial charge < -0.3 is 14.2 Å². The molecule has 0 fully saturated rings. The molecule has 0 aliphatic heterocycles. The Morgan fingerprint density at radius 3 is 0.833 bits per heavy atom. The van der Waals surface area contributed by atoms with Crippen molar-refractivity contribution in [2.75, 3.05) is 13.2 Å². The second-order valence-corrected chi connectivity index (χ2v) is 19.3. The highest BCUT2D eigenvalue weighted by Crippen LogP contribution is 2.16. The van der Waals surface area contributed by atoms with E-state index in [-0.39, 0.29) is 31.1 Å². The van der Waals surface area contributed by atoms with E-state index in [0.29, 0.717) is 19.3 Å². The molecule has 0 saturated heterocycles. The van der Waals surface area contributed by atoms with Crippen molar-refractivity contribution in [3.8, 4) is 0 Å². The van der Waals surface area contributed by atoms with E-state index in [2.05, 4.69) is 69.4 Å². The molecule has 6 heteroatoms. The lowest BCUT2D eigenvalue weighted by molar-refractivity contribution is -0.167. The zero-order valence-electron chi connectivity index (χ0n) is 44.0. The molecule has 0 aliphatic carbocycles. The molecule has 6 nitrogen and oxygen atoms in total. The van der Waals surface area contributed by atoms with Crippen LogP contribution in [0.4, 0.5) is 0 Å². The molecule has 0 radical (unpaired) electrons. The third kappa shape index (κ3) is 52.3. The van der Waals surface area contributed by atoms with Crippen LogP contribution in [-0.2, 0) is 28.6 Å². The molecule has 66 heavy (non-hydrogen) atoms. The van der Waals surface area contributed by atoms with E-state index < -0.39 is 6.10 Å². The first-order valence-electron chi connectivity index (χ1n) is 28.7. The maximum Gasteiger partial charge on any atom is 0.306 e. The van der Waals surface area contributed by atoms with Gasteiger partial charge in [-0.05, 0) is 70.6 Å². The standard InChI is InChI=1S/C60H108O6/c1-4-7-10-13-16-19-22-24-26-28-30-32-34-36-38-41-44-47-50-53-59(62)65-56-57(55-64-58(61)52-49-46-43-40-21-18-15-12-9-6-3)66-60(63)54-51-48-45-42-39-37-35-33-31-29-27-25-23-20-17-14-11-8-5-2/h16-17,19-20,22-25,57H,4-15,18,21,26-56H2,1-3H3/b19-16-,20-17-,24-22-,25-23-. The van der Waals surface area contributed by atoms with Gasteiger partial charge in [0.25, 0.3) is 0 Å². The molecule has 384 valence electrons. The quantitative estimate of drug-likeness (QED) is 0.0262. The third-order valence-electron chi connectivity index (χ3n) is 12.6. The Hall–Kier alpha value is -2.63. The molecule has 0 aromatic carbocycles. The van der Waals surface area contributed by atoms with E-state index in [0.717, 1.165) is 57.8 Å². The molecule has 0 aromatic heterocycles. The molecule has 0 aromatic rings. The van der Waals surface area contributed by atoms with Gasteiger partial charge in [0.2, 0.25) is 0 Å². The SMILES string of the molecule is CCCCC/C=C\C=C/CCCCCCCCCCCCC(=O)OCC(COC(=O)CCCCCCCCCCCC)OC(=O)CCCCCCCCCCCC/C=C\C=C/CCCCC. The third-order valence-corrected chi connectivity index (χ3v) is 12.6. The Balaban J connectivity index is 4.29. The number of hydrogen-bond donors (Lipinski definition) is 0. The predicted molar refractivity (Wildman–Crippen MR) is 284 cm³/mol. The maximum absolute atomic E-state index is 12.8. The van der Waals surface area contributed by atoms with Crippen molar-refractivity contribution in [3.63, 3.8) is 0 Å². The smallest absolute Gasteiger partial charge is 0.306 e. The number of carbonyl (C=O) groups excluding carboxylic acids is 3. The Labute approximate surface area is 409 Å². The highest BCUT2D eigenvalue weighted by Gasteiger charge is 2.19. The summed E-state index contributed by atoms with van der Waals surface area (Å²) in [5, 5.41) is 0. The van der Waals surface area contributed by atoms with E-state index in [1.165, 1.54) is 199 Å².